The van der Waals surface area contributed by atoms with Crippen molar-refractivity contribution in [2.24, 2.45) is 0 Å². The third-order valence-corrected chi connectivity index (χ3v) is 3.70. The minimum Gasteiger partial charge on any atom is -0.493 e. The first kappa shape index (κ1) is 12.8. The summed E-state index contributed by atoms with van der Waals surface area (Å²) in [7, 11) is 3.21. The van der Waals surface area contributed by atoms with Crippen molar-refractivity contribution in [3.05, 3.63) is 22.2 Å². The van der Waals surface area contributed by atoms with E-state index in [1.54, 1.807) is 20.3 Å². The van der Waals surface area contributed by atoms with Crippen LogP contribution in [0.2, 0.25) is 0 Å². The molecule has 0 saturated carbocycles. The van der Waals surface area contributed by atoms with Crippen molar-refractivity contribution < 1.29 is 9.47 Å². The van der Waals surface area contributed by atoms with Gasteiger partial charge in [-0.3, -0.25) is 5.10 Å². The van der Waals surface area contributed by atoms with Crippen molar-refractivity contribution in [1.82, 2.24) is 10.2 Å². The summed E-state index contributed by atoms with van der Waals surface area (Å²) in [6.45, 7) is 1.98. The molecule has 3 N–H and O–H groups in total. The van der Waals surface area contributed by atoms with E-state index in [-0.39, 0.29) is 0 Å². The molecule has 0 spiro atoms. The van der Waals surface area contributed by atoms with Crippen LogP contribution in [0.1, 0.15) is 5.56 Å². The van der Waals surface area contributed by atoms with Crippen LogP contribution in [-0.2, 0) is 0 Å². The number of rotatable bonds is 3. The second kappa shape index (κ2) is 4.89. The Balaban J connectivity index is 2.65. The number of halogens is 1. The summed E-state index contributed by atoms with van der Waals surface area (Å²) in [5.41, 5.74) is 8.45. The Morgan fingerprint density at radius 1 is 1.28 bits per heavy atom. The SMILES string of the molecule is COc1cc(-c2cc(N)n[nH]2)c(C)c(Br)c1OC. The van der Waals surface area contributed by atoms with E-state index in [4.69, 9.17) is 15.2 Å². The Bertz CT molecular complexity index is 581. The predicted octanol–water partition coefficient (Wildman–Crippen LogP) is 2.75. The van der Waals surface area contributed by atoms with Gasteiger partial charge in [-0.15, -0.1) is 0 Å². The van der Waals surface area contributed by atoms with Gasteiger partial charge in [0.1, 0.15) is 5.82 Å². The molecule has 0 saturated heterocycles. The Morgan fingerprint density at radius 3 is 2.50 bits per heavy atom. The van der Waals surface area contributed by atoms with E-state index in [1.165, 1.54) is 0 Å². The normalized spacial score (nSPS) is 10.4. The number of H-pyrrole nitrogens is 1. The van der Waals surface area contributed by atoms with Crippen LogP contribution in [-0.4, -0.2) is 24.4 Å². The van der Waals surface area contributed by atoms with Crippen molar-refractivity contribution in [3.63, 3.8) is 0 Å². The number of hydrogen-bond donors (Lipinski definition) is 2. The third kappa shape index (κ3) is 2.03. The lowest BCUT2D eigenvalue weighted by molar-refractivity contribution is 0.353. The molecule has 0 atom stereocenters. The molecule has 0 unspecified atom stereocenters. The van der Waals surface area contributed by atoms with E-state index in [2.05, 4.69) is 26.1 Å². The van der Waals surface area contributed by atoms with Crippen LogP contribution in [0.3, 0.4) is 0 Å². The third-order valence-electron chi connectivity index (χ3n) is 2.74. The average molecular weight is 312 g/mol. The van der Waals surface area contributed by atoms with E-state index in [0.29, 0.717) is 17.3 Å². The fraction of sp³-hybridized carbons (Fsp3) is 0.250. The quantitative estimate of drug-likeness (QED) is 0.914. The van der Waals surface area contributed by atoms with Gasteiger partial charge in [-0.05, 0) is 34.5 Å². The standard InChI is InChI=1S/C12H14BrN3O2/c1-6-7(8-5-10(14)16-15-8)4-9(17-2)12(18-3)11(6)13/h4-5H,1-3H3,(H3,14,15,16). The minimum absolute atomic E-state index is 0.454. The number of benzene rings is 1. The molecule has 18 heavy (non-hydrogen) atoms. The van der Waals surface area contributed by atoms with Crippen molar-refractivity contribution in [2.75, 3.05) is 20.0 Å². The van der Waals surface area contributed by atoms with Crippen LogP contribution in [0.4, 0.5) is 5.82 Å². The highest BCUT2D eigenvalue weighted by molar-refractivity contribution is 9.10. The number of aromatic amines is 1. The second-order valence-corrected chi connectivity index (χ2v) is 4.60. The first-order chi connectivity index (χ1) is 8.58. The molecule has 2 rings (SSSR count). The molecule has 1 heterocycles. The topological polar surface area (TPSA) is 73.2 Å². The molecule has 2 aromatic rings. The van der Waals surface area contributed by atoms with Crippen molar-refractivity contribution in [3.8, 4) is 22.8 Å². The van der Waals surface area contributed by atoms with Crippen LogP contribution >= 0.6 is 15.9 Å². The van der Waals surface area contributed by atoms with Crippen LogP contribution in [0.25, 0.3) is 11.3 Å². The van der Waals surface area contributed by atoms with Crippen LogP contribution in [0.5, 0.6) is 11.5 Å². The average Bonchev–Trinajstić information content (AvgIpc) is 2.78. The van der Waals surface area contributed by atoms with Gasteiger partial charge in [0.05, 0.1) is 24.4 Å². The molecule has 0 amide bonds. The molecule has 0 bridgehead atoms. The zero-order valence-electron chi connectivity index (χ0n) is 10.4. The van der Waals surface area contributed by atoms with Crippen LogP contribution < -0.4 is 15.2 Å². The first-order valence-electron chi connectivity index (χ1n) is 5.30. The maximum Gasteiger partial charge on any atom is 0.175 e. The number of hydrogen-bond acceptors (Lipinski definition) is 4. The molecule has 1 aromatic heterocycles. The Morgan fingerprint density at radius 2 is 2.00 bits per heavy atom. The molecular formula is C12H14BrN3O2. The Kier molecular flexibility index (Phi) is 3.47. The molecule has 96 valence electrons. The monoisotopic (exact) mass is 311 g/mol. The highest BCUT2D eigenvalue weighted by Gasteiger charge is 2.17. The molecule has 0 fully saturated rings. The summed E-state index contributed by atoms with van der Waals surface area (Å²) in [6.07, 6.45) is 0. The highest BCUT2D eigenvalue weighted by atomic mass is 79.9. The maximum absolute atomic E-state index is 5.62. The molecule has 0 aliphatic carbocycles. The summed E-state index contributed by atoms with van der Waals surface area (Å²) in [5.74, 6) is 1.78. The van der Waals surface area contributed by atoms with E-state index in [9.17, 15) is 0 Å². The maximum atomic E-state index is 5.62. The number of nitrogens with two attached hydrogens (primary N) is 1. The van der Waals surface area contributed by atoms with Gasteiger partial charge in [-0.2, -0.15) is 5.10 Å². The van der Waals surface area contributed by atoms with E-state index < -0.39 is 0 Å². The molecule has 0 radical (unpaired) electrons. The number of methoxy groups -OCH3 is 2. The lowest BCUT2D eigenvalue weighted by atomic mass is 10.0. The minimum atomic E-state index is 0.454. The van der Waals surface area contributed by atoms with Gasteiger partial charge in [-0.25, -0.2) is 0 Å². The van der Waals surface area contributed by atoms with Gasteiger partial charge in [-0.1, -0.05) is 0 Å². The zero-order valence-corrected chi connectivity index (χ0v) is 12.0. The number of nitrogen functional groups attached to an aromatic ring is 1. The molecule has 0 aliphatic heterocycles. The molecule has 6 heteroatoms. The zero-order chi connectivity index (χ0) is 13.3. The van der Waals surface area contributed by atoms with Gasteiger partial charge in [0.2, 0.25) is 0 Å². The number of aromatic nitrogens is 2. The van der Waals surface area contributed by atoms with Crippen LogP contribution in [0, 0.1) is 6.92 Å². The van der Waals surface area contributed by atoms with Gasteiger partial charge >= 0.3 is 0 Å². The summed E-state index contributed by atoms with van der Waals surface area (Å²) < 4.78 is 11.5. The lowest BCUT2D eigenvalue weighted by Gasteiger charge is -2.14. The van der Waals surface area contributed by atoms with Crippen molar-refractivity contribution >= 4 is 21.7 Å². The molecule has 1 aromatic carbocycles. The van der Waals surface area contributed by atoms with E-state index >= 15 is 0 Å². The Labute approximate surface area is 113 Å². The van der Waals surface area contributed by atoms with Gasteiger partial charge in [0, 0.05) is 11.6 Å². The molecule has 0 aliphatic rings. The summed E-state index contributed by atoms with van der Waals surface area (Å²) >= 11 is 3.52. The molecular weight excluding hydrogens is 298 g/mol. The van der Waals surface area contributed by atoms with Gasteiger partial charge in [0.15, 0.2) is 11.5 Å². The summed E-state index contributed by atoms with van der Waals surface area (Å²) in [5, 5.41) is 6.81. The molecule has 5 nitrogen and oxygen atoms in total. The smallest absolute Gasteiger partial charge is 0.175 e. The summed E-state index contributed by atoms with van der Waals surface area (Å²) in [4.78, 5) is 0. The Hall–Kier alpha value is -1.69. The van der Waals surface area contributed by atoms with E-state index in [0.717, 1.165) is 21.3 Å². The van der Waals surface area contributed by atoms with Gasteiger partial charge in [0.25, 0.3) is 0 Å². The van der Waals surface area contributed by atoms with Crippen molar-refractivity contribution in [1.29, 1.82) is 0 Å². The van der Waals surface area contributed by atoms with E-state index in [1.807, 2.05) is 13.0 Å². The number of nitrogens with zero attached hydrogens (tertiary/aromatic N) is 1. The summed E-state index contributed by atoms with van der Waals surface area (Å²) in [6, 6.07) is 3.67. The number of nitrogens with one attached hydrogen (secondary N) is 1. The lowest BCUT2D eigenvalue weighted by Crippen LogP contribution is -1.95. The highest BCUT2D eigenvalue weighted by Crippen LogP contribution is 2.42. The van der Waals surface area contributed by atoms with Crippen molar-refractivity contribution in [2.45, 2.75) is 6.92 Å². The predicted molar refractivity (Wildman–Crippen MR) is 74.0 cm³/mol. The second-order valence-electron chi connectivity index (χ2n) is 3.81. The number of ether oxygens (including phenoxy) is 2. The fourth-order valence-corrected chi connectivity index (χ4v) is 2.37. The first-order valence-corrected chi connectivity index (χ1v) is 6.10. The number of anilines is 1. The van der Waals surface area contributed by atoms with Crippen LogP contribution in [0.15, 0.2) is 16.6 Å². The van der Waals surface area contributed by atoms with Gasteiger partial charge < -0.3 is 15.2 Å². The largest absolute Gasteiger partial charge is 0.493 e. The fourth-order valence-electron chi connectivity index (χ4n) is 1.80.